The first-order chi connectivity index (χ1) is 42.2. The molecule has 0 saturated carbocycles. The monoisotopic (exact) mass is 1300 g/mol. The number of aliphatic hydroxyl groups excluding tert-OH is 1. The summed E-state index contributed by atoms with van der Waals surface area (Å²) in [6.45, 7) is 14.1. The third kappa shape index (κ3) is 59.1. The molecule has 17 nitrogen and oxygen atoms in total. The van der Waals surface area contributed by atoms with Crippen LogP contribution in [0.1, 0.15) is 338 Å². The van der Waals surface area contributed by atoms with Crippen LogP contribution in [0.2, 0.25) is 0 Å². The van der Waals surface area contributed by atoms with Gasteiger partial charge >= 0.3 is 39.5 Å². The Labute approximate surface area is 537 Å². The summed E-state index contributed by atoms with van der Waals surface area (Å²) in [6, 6.07) is 0. The van der Waals surface area contributed by atoms with Gasteiger partial charge in [0.1, 0.15) is 19.3 Å². The number of carbonyl (C=O) groups excluding carboxylic acids is 4. The first-order valence-corrected chi connectivity index (χ1v) is 38.8. The molecule has 8 atom stereocenters. The molecule has 0 bridgehead atoms. The number of esters is 4. The quantitative estimate of drug-likeness (QED) is 0.0222. The van der Waals surface area contributed by atoms with Crippen LogP contribution in [0.15, 0.2) is 0 Å². The van der Waals surface area contributed by atoms with Crippen LogP contribution in [0.4, 0.5) is 0 Å². The molecular formula is C69H134O17P2. The molecule has 0 amide bonds. The minimum atomic E-state index is -4.95. The zero-order valence-electron chi connectivity index (χ0n) is 57.3. The van der Waals surface area contributed by atoms with E-state index >= 15 is 0 Å². The van der Waals surface area contributed by atoms with Crippen molar-refractivity contribution in [2.24, 2.45) is 23.7 Å². The van der Waals surface area contributed by atoms with Crippen LogP contribution in [0.5, 0.6) is 0 Å². The number of phosphoric ester groups is 2. The van der Waals surface area contributed by atoms with Gasteiger partial charge < -0.3 is 33.8 Å². The van der Waals surface area contributed by atoms with Crippen molar-refractivity contribution in [2.45, 2.75) is 356 Å². The summed E-state index contributed by atoms with van der Waals surface area (Å²) in [4.78, 5) is 72.5. The Morgan fingerprint density at radius 3 is 0.807 bits per heavy atom. The van der Waals surface area contributed by atoms with Gasteiger partial charge in [0, 0.05) is 25.7 Å². The summed E-state index contributed by atoms with van der Waals surface area (Å²) < 4.78 is 68.2. The van der Waals surface area contributed by atoms with Gasteiger partial charge in [0.15, 0.2) is 12.2 Å². The molecule has 0 aromatic rings. The van der Waals surface area contributed by atoms with E-state index in [1.54, 1.807) is 0 Å². The molecule has 0 aliphatic heterocycles. The molecule has 19 heteroatoms. The maximum Gasteiger partial charge on any atom is 0.472 e. The summed E-state index contributed by atoms with van der Waals surface area (Å²) in [5.74, 6) is 0.906. The van der Waals surface area contributed by atoms with Crippen molar-refractivity contribution >= 4 is 39.5 Å². The number of ether oxygens (including phenoxy) is 4. The maximum absolute atomic E-state index is 13.0. The highest BCUT2D eigenvalue weighted by molar-refractivity contribution is 7.47. The number of rotatable bonds is 66. The molecule has 0 aromatic carbocycles. The van der Waals surface area contributed by atoms with E-state index in [9.17, 15) is 43.2 Å². The van der Waals surface area contributed by atoms with Crippen LogP contribution in [-0.4, -0.2) is 96.7 Å². The van der Waals surface area contributed by atoms with E-state index in [-0.39, 0.29) is 25.7 Å². The van der Waals surface area contributed by atoms with Crippen LogP contribution in [-0.2, 0) is 65.4 Å². The Morgan fingerprint density at radius 1 is 0.318 bits per heavy atom. The highest BCUT2D eigenvalue weighted by Gasteiger charge is 2.30. The highest BCUT2D eigenvalue weighted by atomic mass is 31.2. The lowest BCUT2D eigenvalue weighted by Crippen LogP contribution is -2.30. The Bertz CT molecular complexity index is 1750. The number of aliphatic hydroxyl groups is 1. The molecule has 0 radical (unpaired) electrons. The second-order valence-corrected chi connectivity index (χ2v) is 29.0. The fourth-order valence-corrected chi connectivity index (χ4v) is 11.8. The standard InChI is InChI=1S/C69H134O17P2/c1-9-60(6)46-38-30-22-16-12-14-18-24-33-41-49-66(71)79-55-64(85-68(73)51-43-35-25-19-15-13-17-23-31-39-47-61(7)10-2)57-83-87(75,76)81-53-63(70)54-82-88(77,78)84-58-65(86-69(74)52-44-36-26-20-21-29-37-45-59(4)5)56-80-67(72)50-42-34-28-27-32-40-48-62(8)11-3/h59-65,70H,9-58H2,1-8H3,(H,75,76)(H,77,78)/t60?,61?,62?,63-,64-,65-/m1/s1. The fourth-order valence-electron chi connectivity index (χ4n) is 10.2. The van der Waals surface area contributed by atoms with Gasteiger partial charge in [-0.1, -0.05) is 287 Å². The van der Waals surface area contributed by atoms with Gasteiger partial charge in [0.25, 0.3) is 0 Å². The minimum absolute atomic E-state index is 0.102. The van der Waals surface area contributed by atoms with Gasteiger partial charge in [-0.05, 0) is 49.4 Å². The highest BCUT2D eigenvalue weighted by Crippen LogP contribution is 2.45. The van der Waals surface area contributed by atoms with E-state index in [4.69, 9.17) is 37.0 Å². The van der Waals surface area contributed by atoms with E-state index in [2.05, 4.69) is 55.4 Å². The normalized spacial score (nSPS) is 15.2. The predicted molar refractivity (Wildman–Crippen MR) is 354 cm³/mol. The molecule has 0 aromatic heterocycles. The Balaban J connectivity index is 5.27. The molecule has 0 heterocycles. The SMILES string of the molecule is CCC(C)CCCCCCCCCCCCC(=O)OC[C@H](COP(=O)(O)OC[C@@H](O)COP(=O)(O)OC[C@@H](COC(=O)CCCCCCCCC(C)CC)OC(=O)CCCCCCCCCC(C)C)OC(=O)CCCCCCCCCCCCC(C)CC. The van der Waals surface area contributed by atoms with Crippen molar-refractivity contribution in [1.82, 2.24) is 0 Å². The van der Waals surface area contributed by atoms with E-state index in [0.29, 0.717) is 31.6 Å². The largest absolute Gasteiger partial charge is 0.472 e. The van der Waals surface area contributed by atoms with Crippen LogP contribution in [0.25, 0.3) is 0 Å². The van der Waals surface area contributed by atoms with Gasteiger partial charge in [0.05, 0.1) is 26.4 Å². The summed E-state index contributed by atoms with van der Waals surface area (Å²) in [7, 11) is -9.90. The van der Waals surface area contributed by atoms with Crippen LogP contribution in [0, 0.1) is 23.7 Å². The lowest BCUT2D eigenvalue weighted by atomic mass is 9.99. The summed E-state index contributed by atoms with van der Waals surface area (Å²) >= 11 is 0. The third-order valence-corrected chi connectivity index (χ3v) is 18.8. The van der Waals surface area contributed by atoms with Crippen molar-refractivity contribution in [2.75, 3.05) is 39.6 Å². The topological polar surface area (TPSA) is 237 Å². The Hall–Kier alpha value is -1.94. The molecule has 0 aliphatic rings. The van der Waals surface area contributed by atoms with Gasteiger partial charge in [0.2, 0.25) is 0 Å². The van der Waals surface area contributed by atoms with Crippen molar-refractivity contribution in [3.05, 3.63) is 0 Å². The van der Waals surface area contributed by atoms with Crippen LogP contribution < -0.4 is 0 Å². The summed E-state index contributed by atoms with van der Waals surface area (Å²) in [5, 5.41) is 10.6. The van der Waals surface area contributed by atoms with Crippen LogP contribution >= 0.6 is 15.6 Å². The molecule has 522 valence electrons. The third-order valence-electron chi connectivity index (χ3n) is 16.9. The first-order valence-electron chi connectivity index (χ1n) is 35.8. The zero-order chi connectivity index (χ0) is 65.4. The number of carbonyl (C=O) groups is 4. The number of phosphoric acid groups is 2. The summed E-state index contributed by atoms with van der Waals surface area (Å²) in [6.07, 6.45) is 40.3. The van der Waals surface area contributed by atoms with Crippen molar-refractivity contribution in [3.8, 4) is 0 Å². The van der Waals surface area contributed by atoms with Gasteiger partial charge in [-0.2, -0.15) is 0 Å². The average molecular weight is 1300 g/mol. The van der Waals surface area contributed by atoms with Crippen molar-refractivity contribution < 1.29 is 80.2 Å². The molecule has 0 fully saturated rings. The molecular weight excluding hydrogens is 1160 g/mol. The van der Waals surface area contributed by atoms with Crippen molar-refractivity contribution in [3.63, 3.8) is 0 Å². The second kappa shape index (κ2) is 58.8. The van der Waals surface area contributed by atoms with E-state index < -0.39 is 97.5 Å². The second-order valence-electron chi connectivity index (χ2n) is 26.1. The molecule has 0 rings (SSSR count). The number of unbranched alkanes of at least 4 members (excludes halogenated alkanes) is 29. The lowest BCUT2D eigenvalue weighted by molar-refractivity contribution is -0.161. The Morgan fingerprint density at radius 2 is 0.545 bits per heavy atom. The lowest BCUT2D eigenvalue weighted by Gasteiger charge is -2.21. The number of hydrogen-bond acceptors (Lipinski definition) is 15. The smallest absolute Gasteiger partial charge is 0.462 e. The molecule has 0 saturated heterocycles. The maximum atomic E-state index is 13.0. The summed E-state index contributed by atoms with van der Waals surface area (Å²) in [5.41, 5.74) is 0. The van der Waals surface area contributed by atoms with E-state index in [0.717, 1.165) is 114 Å². The minimum Gasteiger partial charge on any atom is -0.462 e. The molecule has 3 N–H and O–H groups in total. The van der Waals surface area contributed by atoms with Crippen LogP contribution in [0.3, 0.4) is 0 Å². The van der Waals surface area contributed by atoms with E-state index in [1.165, 1.54) is 135 Å². The van der Waals surface area contributed by atoms with Gasteiger partial charge in [-0.25, -0.2) is 9.13 Å². The fraction of sp³-hybridized carbons (Fsp3) is 0.942. The van der Waals surface area contributed by atoms with E-state index in [1.807, 2.05) is 0 Å². The van der Waals surface area contributed by atoms with Crippen molar-refractivity contribution in [1.29, 1.82) is 0 Å². The first kappa shape index (κ1) is 86.1. The molecule has 88 heavy (non-hydrogen) atoms. The molecule has 0 spiro atoms. The van der Waals surface area contributed by atoms with Gasteiger partial charge in [-0.15, -0.1) is 0 Å². The zero-order valence-corrected chi connectivity index (χ0v) is 59.1. The van der Waals surface area contributed by atoms with Gasteiger partial charge in [-0.3, -0.25) is 37.3 Å². The number of hydrogen-bond donors (Lipinski definition) is 3. The average Bonchev–Trinajstić information content (AvgIpc) is 3.61. The molecule has 0 aliphatic carbocycles. The predicted octanol–water partition coefficient (Wildman–Crippen LogP) is 19.3. The molecule has 5 unspecified atom stereocenters. The Kier molecular flexibility index (Phi) is 57.6.